The molecule has 5 heteroatoms. The molecular weight excluding hydrogens is 320 g/mol. The lowest BCUT2D eigenvalue weighted by Gasteiger charge is -2.05. The zero-order valence-corrected chi connectivity index (χ0v) is 12.2. The Labute approximate surface area is 118 Å². The molecule has 0 amide bonds. The number of rotatable bonds is 4. The van der Waals surface area contributed by atoms with E-state index in [9.17, 15) is 0 Å². The Morgan fingerprint density at radius 3 is 2.71 bits per heavy atom. The maximum absolute atomic E-state index is 5.94. The Morgan fingerprint density at radius 2 is 2.06 bits per heavy atom. The number of halogens is 2. The average molecular weight is 332 g/mol. The number of benzene rings is 1. The zero-order valence-electron chi connectivity index (χ0n) is 9.04. The van der Waals surface area contributed by atoms with Crippen molar-refractivity contribution in [2.75, 3.05) is 5.73 Å². The van der Waals surface area contributed by atoms with Crippen LogP contribution in [0.3, 0.4) is 0 Å². The summed E-state index contributed by atoms with van der Waals surface area (Å²) in [7, 11) is 0. The molecule has 0 atom stereocenters. The zero-order chi connectivity index (χ0) is 12.3. The van der Waals surface area contributed by atoms with E-state index in [-0.39, 0.29) is 0 Å². The van der Waals surface area contributed by atoms with Gasteiger partial charge >= 0.3 is 0 Å². The summed E-state index contributed by atoms with van der Waals surface area (Å²) in [5, 5.41) is 4.04. The summed E-state index contributed by atoms with van der Waals surface area (Å²) >= 11 is 11.1. The van der Waals surface area contributed by atoms with E-state index in [0.717, 1.165) is 22.4 Å². The number of thiophene rings is 1. The third-order valence-electron chi connectivity index (χ3n) is 2.24. The van der Waals surface area contributed by atoms with Gasteiger partial charge < -0.3 is 11.1 Å². The molecule has 2 aromatic rings. The number of nitrogens with one attached hydrogen (secondary N) is 1. The Hall–Kier alpha value is -0.550. The lowest BCUT2D eigenvalue weighted by Crippen LogP contribution is -2.11. The maximum atomic E-state index is 5.94. The highest BCUT2D eigenvalue weighted by Crippen LogP contribution is 2.22. The van der Waals surface area contributed by atoms with Crippen molar-refractivity contribution in [2.24, 2.45) is 0 Å². The van der Waals surface area contributed by atoms with E-state index < -0.39 is 0 Å². The minimum Gasteiger partial charge on any atom is -0.399 e. The normalized spacial score (nSPS) is 10.7. The van der Waals surface area contributed by atoms with Crippen LogP contribution in [0.2, 0.25) is 5.02 Å². The van der Waals surface area contributed by atoms with E-state index in [1.165, 1.54) is 4.88 Å². The van der Waals surface area contributed by atoms with E-state index in [4.69, 9.17) is 17.3 Å². The highest BCUT2D eigenvalue weighted by Gasteiger charge is 1.99. The van der Waals surface area contributed by atoms with E-state index >= 15 is 0 Å². The number of nitrogens with two attached hydrogens (primary N) is 1. The molecule has 1 aromatic carbocycles. The van der Waals surface area contributed by atoms with Gasteiger partial charge in [0.2, 0.25) is 0 Å². The van der Waals surface area contributed by atoms with Crippen LogP contribution in [0.1, 0.15) is 10.4 Å². The molecule has 17 heavy (non-hydrogen) atoms. The standard InChI is InChI=1S/C12H12BrClN2S/c13-12-2-1-11(17-12)7-16-6-8-3-9(14)5-10(15)4-8/h1-5,16H,6-7,15H2. The molecule has 0 radical (unpaired) electrons. The van der Waals surface area contributed by atoms with Crippen LogP contribution in [0, 0.1) is 0 Å². The second-order valence-corrected chi connectivity index (χ2v) is 6.69. The van der Waals surface area contributed by atoms with Gasteiger partial charge in [0.05, 0.1) is 3.79 Å². The fourth-order valence-electron chi connectivity index (χ4n) is 1.55. The first-order valence-corrected chi connectivity index (χ1v) is 7.12. The molecule has 0 saturated carbocycles. The van der Waals surface area contributed by atoms with Crippen LogP contribution in [0.5, 0.6) is 0 Å². The first-order valence-electron chi connectivity index (χ1n) is 5.13. The molecule has 2 rings (SSSR count). The van der Waals surface area contributed by atoms with Crippen LogP contribution in [-0.2, 0) is 13.1 Å². The first kappa shape index (κ1) is 12.9. The Kier molecular flexibility index (Phi) is 4.45. The van der Waals surface area contributed by atoms with Crippen LogP contribution in [0.25, 0.3) is 0 Å². The Balaban J connectivity index is 1.89. The summed E-state index contributed by atoms with van der Waals surface area (Å²) in [4.78, 5) is 1.30. The number of anilines is 1. The Bertz CT molecular complexity index is 493. The number of nitrogen functional groups attached to an aromatic ring is 1. The first-order chi connectivity index (χ1) is 8.13. The van der Waals surface area contributed by atoms with E-state index in [1.54, 1.807) is 17.4 Å². The van der Waals surface area contributed by atoms with Gasteiger partial charge in [0.1, 0.15) is 0 Å². The molecule has 90 valence electrons. The summed E-state index contributed by atoms with van der Waals surface area (Å²) in [5.74, 6) is 0. The maximum Gasteiger partial charge on any atom is 0.0701 e. The molecule has 0 aliphatic heterocycles. The second kappa shape index (κ2) is 5.87. The van der Waals surface area contributed by atoms with E-state index in [1.807, 2.05) is 12.1 Å². The number of hydrogen-bond donors (Lipinski definition) is 2. The molecule has 2 nitrogen and oxygen atoms in total. The highest BCUT2D eigenvalue weighted by molar-refractivity contribution is 9.11. The smallest absolute Gasteiger partial charge is 0.0701 e. The average Bonchev–Trinajstić information content (AvgIpc) is 2.63. The van der Waals surface area contributed by atoms with Crippen molar-refractivity contribution < 1.29 is 0 Å². The fourth-order valence-corrected chi connectivity index (χ4v) is 3.27. The minimum absolute atomic E-state index is 0.681. The van der Waals surface area contributed by atoms with Gasteiger partial charge in [0, 0.05) is 28.7 Å². The summed E-state index contributed by atoms with van der Waals surface area (Å²) in [6.07, 6.45) is 0. The van der Waals surface area contributed by atoms with Crippen molar-refractivity contribution >= 4 is 44.6 Å². The monoisotopic (exact) mass is 330 g/mol. The minimum atomic E-state index is 0.681. The van der Waals surface area contributed by atoms with Gasteiger partial charge in [-0.3, -0.25) is 0 Å². The topological polar surface area (TPSA) is 38.0 Å². The van der Waals surface area contributed by atoms with Crippen LogP contribution in [0.4, 0.5) is 5.69 Å². The van der Waals surface area contributed by atoms with E-state index in [2.05, 4.69) is 33.4 Å². The lowest BCUT2D eigenvalue weighted by atomic mass is 10.2. The van der Waals surface area contributed by atoms with Gasteiger partial charge in [0.15, 0.2) is 0 Å². The molecule has 0 aliphatic carbocycles. The molecule has 0 saturated heterocycles. The largest absolute Gasteiger partial charge is 0.399 e. The summed E-state index contributed by atoms with van der Waals surface area (Å²) in [6.45, 7) is 1.61. The lowest BCUT2D eigenvalue weighted by molar-refractivity contribution is 0.701. The van der Waals surface area contributed by atoms with Gasteiger partial charge in [-0.2, -0.15) is 0 Å². The van der Waals surface area contributed by atoms with Gasteiger partial charge in [-0.15, -0.1) is 11.3 Å². The molecule has 1 heterocycles. The number of hydrogen-bond acceptors (Lipinski definition) is 3. The van der Waals surface area contributed by atoms with Gasteiger partial charge in [-0.25, -0.2) is 0 Å². The fraction of sp³-hybridized carbons (Fsp3) is 0.167. The third kappa shape index (κ3) is 4.00. The van der Waals surface area contributed by atoms with Gasteiger partial charge in [0.25, 0.3) is 0 Å². The summed E-state index contributed by atoms with van der Waals surface area (Å²) < 4.78 is 1.15. The molecule has 0 fully saturated rings. The molecule has 1 aromatic heterocycles. The second-order valence-electron chi connectivity index (χ2n) is 3.70. The molecule has 0 bridgehead atoms. The summed E-state index contributed by atoms with van der Waals surface area (Å²) in [6, 6.07) is 9.77. The van der Waals surface area contributed by atoms with Crippen LogP contribution < -0.4 is 11.1 Å². The van der Waals surface area contributed by atoms with Crippen molar-refractivity contribution in [3.63, 3.8) is 0 Å². The molecule has 0 aliphatic rings. The summed E-state index contributed by atoms with van der Waals surface area (Å²) in [5.41, 5.74) is 7.53. The molecular formula is C12H12BrClN2S. The van der Waals surface area contributed by atoms with Crippen molar-refractivity contribution in [3.05, 3.63) is 49.6 Å². The highest BCUT2D eigenvalue weighted by atomic mass is 79.9. The van der Waals surface area contributed by atoms with Crippen LogP contribution >= 0.6 is 38.9 Å². The van der Waals surface area contributed by atoms with Crippen LogP contribution in [-0.4, -0.2) is 0 Å². The van der Waals surface area contributed by atoms with Gasteiger partial charge in [-0.05, 0) is 51.8 Å². The quantitative estimate of drug-likeness (QED) is 0.830. The van der Waals surface area contributed by atoms with Gasteiger partial charge in [-0.1, -0.05) is 11.6 Å². The van der Waals surface area contributed by atoms with Crippen molar-refractivity contribution in [1.82, 2.24) is 5.32 Å². The predicted molar refractivity (Wildman–Crippen MR) is 78.4 cm³/mol. The van der Waals surface area contributed by atoms with Crippen molar-refractivity contribution in [2.45, 2.75) is 13.1 Å². The van der Waals surface area contributed by atoms with E-state index in [0.29, 0.717) is 10.7 Å². The Morgan fingerprint density at radius 1 is 1.24 bits per heavy atom. The SMILES string of the molecule is Nc1cc(Cl)cc(CNCc2ccc(Br)s2)c1. The molecule has 0 unspecified atom stereocenters. The van der Waals surface area contributed by atoms with Crippen molar-refractivity contribution in [3.8, 4) is 0 Å². The molecule has 3 N–H and O–H groups in total. The van der Waals surface area contributed by atoms with Crippen molar-refractivity contribution in [1.29, 1.82) is 0 Å². The third-order valence-corrected chi connectivity index (χ3v) is 4.08. The predicted octanol–water partition coefficient (Wildman–Crippen LogP) is 4.04. The molecule has 0 spiro atoms. The van der Waals surface area contributed by atoms with Crippen LogP contribution in [0.15, 0.2) is 34.1 Å².